The molecule has 0 amide bonds. The Balaban J connectivity index is 1.67. The molecule has 0 aromatic heterocycles. The van der Waals surface area contributed by atoms with E-state index in [-0.39, 0.29) is 18.1 Å². The van der Waals surface area contributed by atoms with Crippen LogP contribution in [0.3, 0.4) is 0 Å². The highest BCUT2D eigenvalue weighted by atomic mass is 32.2. The Kier molecular flexibility index (Phi) is 7.24. The maximum absolute atomic E-state index is 14.3. The molecule has 0 spiro atoms. The molecule has 34 heavy (non-hydrogen) atoms. The van der Waals surface area contributed by atoms with Gasteiger partial charge in [-0.3, -0.25) is 4.79 Å². The number of carboxylic acid groups (broad SMARTS) is 1. The molecule has 178 valence electrons. The maximum atomic E-state index is 14.3. The third-order valence-corrected chi connectivity index (χ3v) is 7.14. The zero-order valence-electron chi connectivity index (χ0n) is 19.3. The molecule has 0 saturated heterocycles. The number of rotatable bonds is 6. The minimum atomic E-state index is -1.03. The lowest BCUT2D eigenvalue weighted by Crippen LogP contribution is -2.27. The fraction of sp³-hybridized carbons (Fsp3) is 0.296. The van der Waals surface area contributed by atoms with Crippen molar-refractivity contribution >= 4 is 17.9 Å². The number of carboxylic acids is 1. The van der Waals surface area contributed by atoms with Crippen LogP contribution in [-0.4, -0.2) is 28.0 Å². The van der Waals surface area contributed by atoms with E-state index < -0.39 is 23.5 Å². The monoisotopic (exact) mass is 483 g/mol. The predicted molar refractivity (Wildman–Crippen MR) is 129 cm³/mol. The van der Waals surface area contributed by atoms with Gasteiger partial charge in [0.05, 0.1) is 11.3 Å². The molecule has 1 N–H and O–H groups in total. The van der Waals surface area contributed by atoms with Crippen LogP contribution in [0, 0.1) is 25.5 Å². The summed E-state index contributed by atoms with van der Waals surface area (Å²) in [5, 5.41) is 9.53. The number of ether oxygens (including phenoxy) is 1. The van der Waals surface area contributed by atoms with Crippen molar-refractivity contribution in [2.24, 2.45) is 0 Å². The van der Waals surface area contributed by atoms with Crippen LogP contribution in [0.25, 0.3) is 0 Å². The van der Waals surface area contributed by atoms with Crippen molar-refractivity contribution in [2.75, 3.05) is 6.54 Å². The second kappa shape index (κ2) is 10.2. The lowest BCUT2D eigenvalue weighted by atomic mass is 9.86. The molecule has 3 aromatic carbocycles. The quantitative estimate of drug-likeness (QED) is 0.407. The van der Waals surface area contributed by atoms with Crippen molar-refractivity contribution in [2.45, 2.75) is 50.7 Å². The summed E-state index contributed by atoms with van der Waals surface area (Å²) in [6.45, 7) is 6.72. The molecule has 4 nitrogen and oxygen atoms in total. The summed E-state index contributed by atoms with van der Waals surface area (Å²) in [5.74, 6) is -2.18. The van der Waals surface area contributed by atoms with Crippen molar-refractivity contribution in [3.05, 3.63) is 94.0 Å². The van der Waals surface area contributed by atoms with E-state index in [1.807, 2.05) is 56.3 Å². The van der Waals surface area contributed by atoms with Gasteiger partial charge in [0.15, 0.2) is 0 Å². The molecule has 0 radical (unpaired) electrons. The molecule has 0 bridgehead atoms. The first-order valence-corrected chi connectivity index (χ1v) is 11.9. The van der Waals surface area contributed by atoms with Crippen molar-refractivity contribution < 1.29 is 23.4 Å². The van der Waals surface area contributed by atoms with Gasteiger partial charge in [-0.15, -0.1) is 0 Å². The van der Waals surface area contributed by atoms with Gasteiger partial charge in [-0.05, 0) is 79.2 Å². The van der Waals surface area contributed by atoms with Gasteiger partial charge >= 0.3 is 5.97 Å². The van der Waals surface area contributed by atoms with Crippen molar-refractivity contribution in [1.29, 1.82) is 0 Å². The number of nitrogens with zero attached hydrogens (tertiary/aromatic N) is 1. The van der Waals surface area contributed by atoms with Crippen molar-refractivity contribution in [1.82, 2.24) is 4.31 Å². The summed E-state index contributed by atoms with van der Waals surface area (Å²) in [6, 6.07) is 16.2. The van der Waals surface area contributed by atoms with Crippen LogP contribution in [0.1, 0.15) is 47.1 Å². The molecule has 3 aromatic rings. The summed E-state index contributed by atoms with van der Waals surface area (Å²) >= 11 is 1.63. The van der Waals surface area contributed by atoms with E-state index in [0.717, 1.165) is 27.3 Å². The van der Waals surface area contributed by atoms with Crippen LogP contribution in [0.5, 0.6) is 5.75 Å². The second-order valence-corrected chi connectivity index (χ2v) is 9.87. The molecule has 0 saturated carbocycles. The van der Waals surface area contributed by atoms with E-state index in [2.05, 4.69) is 4.31 Å². The Morgan fingerprint density at radius 2 is 1.82 bits per heavy atom. The maximum Gasteiger partial charge on any atom is 0.304 e. The number of benzene rings is 3. The molecular formula is C27H27F2NO3S. The van der Waals surface area contributed by atoms with Crippen LogP contribution in [0.2, 0.25) is 0 Å². The fourth-order valence-corrected chi connectivity index (χ4v) is 5.29. The van der Waals surface area contributed by atoms with Gasteiger partial charge in [0, 0.05) is 24.6 Å². The minimum Gasteiger partial charge on any atom is -0.488 e. The molecule has 7 heteroatoms. The van der Waals surface area contributed by atoms with Crippen LogP contribution < -0.4 is 4.74 Å². The van der Waals surface area contributed by atoms with Crippen LogP contribution >= 0.6 is 11.9 Å². The average molecular weight is 484 g/mol. The van der Waals surface area contributed by atoms with E-state index >= 15 is 0 Å². The van der Waals surface area contributed by atoms with Gasteiger partial charge in [-0.1, -0.05) is 30.3 Å². The standard InChI is InChI=1S/C27H27F2NO3S/c1-16-8-9-19(22(13-27(31)32)20-11-23(28)18(3)24(29)12-20)10-21(16)15-30-14-17(2)33-25-6-4-5-7-26(25)34-30/h4-12,17,22H,13-15H2,1-3H3,(H,31,32). The largest absolute Gasteiger partial charge is 0.488 e. The number of carbonyl (C=O) groups is 1. The van der Waals surface area contributed by atoms with Crippen molar-refractivity contribution in [3.63, 3.8) is 0 Å². The number of aliphatic carboxylic acids is 1. The molecule has 0 fully saturated rings. The zero-order valence-corrected chi connectivity index (χ0v) is 20.2. The number of halogens is 2. The zero-order chi connectivity index (χ0) is 24.4. The number of aryl methyl sites for hydroxylation is 1. The summed E-state index contributed by atoms with van der Waals surface area (Å²) in [4.78, 5) is 12.7. The summed E-state index contributed by atoms with van der Waals surface area (Å²) < 4.78 is 36.9. The number of para-hydroxylation sites is 1. The van der Waals surface area contributed by atoms with Gasteiger partial charge in [0.25, 0.3) is 0 Å². The van der Waals surface area contributed by atoms with E-state index in [1.54, 1.807) is 11.9 Å². The highest BCUT2D eigenvalue weighted by Gasteiger charge is 2.24. The van der Waals surface area contributed by atoms with Crippen molar-refractivity contribution in [3.8, 4) is 5.75 Å². The third kappa shape index (κ3) is 5.42. The average Bonchev–Trinajstić information content (AvgIpc) is 2.94. The minimum absolute atomic E-state index is 0.00194. The number of hydrogen-bond donors (Lipinski definition) is 1. The van der Waals surface area contributed by atoms with Gasteiger partial charge < -0.3 is 9.84 Å². The van der Waals surface area contributed by atoms with Gasteiger partial charge in [0.1, 0.15) is 23.5 Å². The first-order chi connectivity index (χ1) is 16.2. The number of fused-ring (bicyclic) bond motifs is 1. The molecule has 1 aliphatic heterocycles. The lowest BCUT2D eigenvalue weighted by molar-refractivity contribution is -0.137. The molecule has 0 aliphatic carbocycles. The normalized spacial score (nSPS) is 16.9. The summed E-state index contributed by atoms with van der Waals surface area (Å²) in [7, 11) is 0. The molecule has 4 rings (SSSR count). The molecule has 1 aliphatic rings. The Labute approximate surface area is 202 Å². The van der Waals surface area contributed by atoms with Crippen LogP contribution in [0.15, 0.2) is 59.5 Å². The van der Waals surface area contributed by atoms with Gasteiger partial charge in [0.2, 0.25) is 0 Å². The van der Waals surface area contributed by atoms with Crippen LogP contribution in [0.4, 0.5) is 8.78 Å². The topological polar surface area (TPSA) is 49.8 Å². The fourth-order valence-electron chi connectivity index (χ4n) is 4.17. The van der Waals surface area contributed by atoms with E-state index in [9.17, 15) is 18.7 Å². The number of hydrogen-bond acceptors (Lipinski definition) is 4. The Morgan fingerprint density at radius 1 is 1.12 bits per heavy atom. The predicted octanol–water partition coefficient (Wildman–Crippen LogP) is 6.48. The molecule has 2 atom stereocenters. The van der Waals surface area contributed by atoms with E-state index in [0.29, 0.717) is 18.7 Å². The SMILES string of the molecule is Cc1ccc(C(CC(=O)O)c2cc(F)c(C)c(F)c2)cc1CN1CC(C)Oc2ccccc2S1. The molecular weight excluding hydrogens is 456 g/mol. The second-order valence-electron chi connectivity index (χ2n) is 8.73. The van der Waals surface area contributed by atoms with Gasteiger partial charge in [-0.2, -0.15) is 0 Å². The van der Waals surface area contributed by atoms with E-state index in [1.165, 1.54) is 19.1 Å². The lowest BCUT2D eigenvalue weighted by Gasteiger charge is -2.23. The Morgan fingerprint density at radius 3 is 2.53 bits per heavy atom. The first kappa shape index (κ1) is 24.2. The summed E-state index contributed by atoms with van der Waals surface area (Å²) in [6.07, 6.45) is -0.265. The highest BCUT2D eigenvalue weighted by molar-refractivity contribution is 7.97. The first-order valence-electron chi connectivity index (χ1n) is 11.2. The molecule has 1 heterocycles. The van der Waals surface area contributed by atoms with Gasteiger partial charge in [-0.25, -0.2) is 13.1 Å². The third-order valence-electron chi connectivity index (χ3n) is 6.07. The van der Waals surface area contributed by atoms with E-state index in [4.69, 9.17) is 4.74 Å². The van der Waals surface area contributed by atoms with Crippen LogP contribution in [-0.2, 0) is 11.3 Å². The molecule has 2 unspecified atom stereocenters. The Hall–Kier alpha value is -2.90. The Bertz CT molecular complexity index is 1190. The summed E-state index contributed by atoms with van der Waals surface area (Å²) in [5.41, 5.74) is 3.05. The highest BCUT2D eigenvalue weighted by Crippen LogP contribution is 2.37. The smallest absolute Gasteiger partial charge is 0.304 e.